The van der Waals surface area contributed by atoms with Gasteiger partial charge in [-0.25, -0.2) is 0 Å². The molecule has 0 saturated carbocycles. The van der Waals surface area contributed by atoms with E-state index in [2.05, 4.69) is 72.2 Å². The van der Waals surface area contributed by atoms with Gasteiger partial charge < -0.3 is 10.2 Å². The van der Waals surface area contributed by atoms with Gasteiger partial charge in [0.15, 0.2) is 5.96 Å². The number of unbranched alkanes of at least 4 members (excludes halogenated alkanes) is 1. The Morgan fingerprint density at radius 1 is 1.08 bits per heavy atom. The van der Waals surface area contributed by atoms with Crippen molar-refractivity contribution in [3.05, 3.63) is 35.4 Å². The van der Waals surface area contributed by atoms with Crippen LogP contribution < -0.4 is 5.32 Å². The van der Waals surface area contributed by atoms with Crippen molar-refractivity contribution in [1.82, 2.24) is 15.1 Å². The van der Waals surface area contributed by atoms with Gasteiger partial charge in [0.25, 0.3) is 0 Å². The Morgan fingerprint density at radius 2 is 1.71 bits per heavy atom. The fourth-order valence-electron chi connectivity index (χ4n) is 2.63. The first-order valence-corrected chi connectivity index (χ1v) is 8.87. The quantitative estimate of drug-likeness (QED) is 0.354. The lowest BCUT2D eigenvalue weighted by Gasteiger charge is -2.23. The second kappa shape index (κ2) is 13.5. The molecule has 24 heavy (non-hydrogen) atoms. The second-order valence-electron chi connectivity index (χ2n) is 5.91. The minimum atomic E-state index is 0. The first-order valence-electron chi connectivity index (χ1n) is 8.87. The highest BCUT2D eigenvalue weighted by atomic mass is 127. The summed E-state index contributed by atoms with van der Waals surface area (Å²) >= 11 is 0. The van der Waals surface area contributed by atoms with Gasteiger partial charge in [0.1, 0.15) is 0 Å². The lowest BCUT2D eigenvalue weighted by molar-refractivity contribution is 0.295. The fraction of sp³-hybridized carbons (Fsp3) is 0.632. The summed E-state index contributed by atoms with van der Waals surface area (Å²) in [6.45, 7) is 11.7. The van der Waals surface area contributed by atoms with Crippen molar-refractivity contribution in [2.45, 2.75) is 46.7 Å². The molecule has 0 radical (unpaired) electrons. The maximum absolute atomic E-state index is 4.40. The number of benzene rings is 1. The largest absolute Gasteiger partial charge is 0.352 e. The molecule has 5 heteroatoms. The van der Waals surface area contributed by atoms with Crippen LogP contribution in [0.15, 0.2) is 29.3 Å². The standard InChI is InChI=1S/C19H34N4.HI/c1-6-9-14-22(5)19(20-4)21-15-17-12-10-11-13-18(17)16-23(7-2)8-3;/h10-13H,6-9,14-16H2,1-5H3,(H,20,21);1H. The van der Waals surface area contributed by atoms with Crippen LogP contribution in [-0.4, -0.2) is 49.5 Å². The van der Waals surface area contributed by atoms with E-state index in [-0.39, 0.29) is 24.0 Å². The molecule has 1 aromatic carbocycles. The average molecular weight is 446 g/mol. The third kappa shape index (κ3) is 7.83. The molecule has 0 saturated heterocycles. The molecule has 138 valence electrons. The van der Waals surface area contributed by atoms with Gasteiger partial charge in [-0.3, -0.25) is 9.89 Å². The number of nitrogens with zero attached hydrogens (tertiary/aromatic N) is 3. The van der Waals surface area contributed by atoms with E-state index in [9.17, 15) is 0 Å². The van der Waals surface area contributed by atoms with E-state index < -0.39 is 0 Å². The minimum absolute atomic E-state index is 0. The molecule has 0 amide bonds. The van der Waals surface area contributed by atoms with E-state index in [1.54, 1.807) is 0 Å². The van der Waals surface area contributed by atoms with Crippen LogP contribution in [0.1, 0.15) is 44.7 Å². The average Bonchev–Trinajstić information content (AvgIpc) is 2.59. The predicted molar refractivity (Wildman–Crippen MR) is 116 cm³/mol. The molecule has 0 atom stereocenters. The Balaban J connectivity index is 0.00000529. The summed E-state index contributed by atoms with van der Waals surface area (Å²) in [6, 6.07) is 8.70. The van der Waals surface area contributed by atoms with Crippen LogP contribution in [-0.2, 0) is 13.1 Å². The Kier molecular flexibility index (Phi) is 13.0. The summed E-state index contributed by atoms with van der Waals surface area (Å²) in [4.78, 5) is 9.05. The molecule has 1 aromatic rings. The van der Waals surface area contributed by atoms with Gasteiger partial charge in [-0.05, 0) is 30.6 Å². The van der Waals surface area contributed by atoms with E-state index >= 15 is 0 Å². The van der Waals surface area contributed by atoms with Crippen LogP contribution in [0.3, 0.4) is 0 Å². The highest BCUT2D eigenvalue weighted by Crippen LogP contribution is 2.12. The fourth-order valence-corrected chi connectivity index (χ4v) is 2.63. The van der Waals surface area contributed by atoms with Crippen molar-refractivity contribution < 1.29 is 0 Å². The van der Waals surface area contributed by atoms with Crippen LogP contribution >= 0.6 is 24.0 Å². The number of nitrogens with one attached hydrogen (secondary N) is 1. The third-order valence-corrected chi connectivity index (χ3v) is 4.26. The summed E-state index contributed by atoms with van der Waals surface area (Å²) in [6.07, 6.45) is 2.39. The molecule has 0 bridgehead atoms. The Labute approximate surface area is 165 Å². The minimum Gasteiger partial charge on any atom is -0.352 e. The van der Waals surface area contributed by atoms with Crippen LogP contribution in [0.5, 0.6) is 0 Å². The summed E-state index contributed by atoms with van der Waals surface area (Å²) in [5.41, 5.74) is 2.75. The Hall–Kier alpha value is -0.820. The summed E-state index contributed by atoms with van der Waals surface area (Å²) in [5, 5.41) is 3.50. The number of guanidine groups is 1. The van der Waals surface area contributed by atoms with Gasteiger partial charge in [-0.2, -0.15) is 0 Å². The number of aliphatic imine (C=N–C) groups is 1. The molecule has 0 aromatic heterocycles. The van der Waals surface area contributed by atoms with Crippen LogP contribution in [0.4, 0.5) is 0 Å². The van der Waals surface area contributed by atoms with Crippen molar-refractivity contribution in [1.29, 1.82) is 0 Å². The zero-order chi connectivity index (χ0) is 17.1. The van der Waals surface area contributed by atoms with Gasteiger partial charge in [0, 0.05) is 33.7 Å². The Bertz CT molecular complexity index is 472. The lowest BCUT2D eigenvalue weighted by Crippen LogP contribution is -2.39. The zero-order valence-corrected chi connectivity index (χ0v) is 18.3. The Morgan fingerprint density at radius 3 is 2.25 bits per heavy atom. The molecule has 0 unspecified atom stereocenters. The van der Waals surface area contributed by atoms with Gasteiger partial charge in [-0.1, -0.05) is 51.5 Å². The number of hydrogen-bond donors (Lipinski definition) is 1. The molecule has 0 aliphatic rings. The molecule has 0 spiro atoms. The summed E-state index contributed by atoms with van der Waals surface area (Å²) in [5.74, 6) is 0.969. The van der Waals surface area contributed by atoms with Crippen molar-refractivity contribution in [3.63, 3.8) is 0 Å². The van der Waals surface area contributed by atoms with E-state index in [0.717, 1.165) is 38.7 Å². The molecule has 4 nitrogen and oxygen atoms in total. The molecular formula is C19H35IN4. The first kappa shape index (κ1) is 23.2. The van der Waals surface area contributed by atoms with Crippen molar-refractivity contribution in [2.24, 2.45) is 4.99 Å². The molecule has 1 rings (SSSR count). The molecular weight excluding hydrogens is 411 g/mol. The van der Waals surface area contributed by atoms with E-state index in [1.807, 2.05) is 7.05 Å². The first-order chi connectivity index (χ1) is 11.2. The SMILES string of the molecule is CCCCN(C)C(=NC)NCc1ccccc1CN(CC)CC.I. The topological polar surface area (TPSA) is 30.9 Å². The molecule has 0 aliphatic heterocycles. The second-order valence-corrected chi connectivity index (χ2v) is 5.91. The summed E-state index contributed by atoms with van der Waals surface area (Å²) < 4.78 is 0. The highest BCUT2D eigenvalue weighted by Gasteiger charge is 2.09. The van der Waals surface area contributed by atoms with Crippen LogP contribution in [0, 0.1) is 0 Å². The van der Waals surface area contributed by atoms with E-state index in [1.165, 1.54) is 24.0 Å². The maximum atomic E-state index is 4.40. The normalized spacial score (nSPS) is 11.3. The van der Waals surface area contributed by atoms with Gasteiger partial charge in [-0.15, -0.1) is 24.0 Å². The van der Waals surface area contributed by atoms with E-state index in [4.69, 9.17) is 0 Å². The molecule has 1 N–H and O–H groups in total. The number of hydrogen-bond acceptors (Lipinski definition) is 2. The van der Waals surface area contributed by atoms with Gasteiger partial charge in [0.2, 0.25) is 0 Å². The third-order valence-electron chi connectivity index (χ3n) is 4.26. The van der Waals surface area contributed by atoms with Crippen molar-refractivity contribution in [3.8, 4) is 0 Å². The number of rotatable bonds is 9. The van der Waals surface area contributed by atoms with Crippen molar-refractivity contribution >= 4 is 29.9 Å². The lowest BCUT2D eigenvalue weighted by atomic mass is 10.1. The molecule has 0 aliphatic carbocycles. The smallest absolute Gasteiger partial charge is 0.193 e. The maximum Gasteiger partial charge on any atom is 0.193 e. The van der Waals surface area contributed by atoms with E-state index in [0.29, 0.717) is 0 Å². The zero-order valence-electron chi connectivity index (χ0n) is 16.0. The molecule has 0 fully saturated rings. The molecule has 0 heterocycles. The highest BCUT2D eigenvalue weighted by molar-refractivity contribution is 14.0. The van der Waals surface area contributed by atoms with Crippen LogP contribution in [0.2, 0.25) is 0 Å². The van der Waals surface area contributed by atoms with Gasteiger partial charge in [0.05, 0.1) is 0 Å². The summed E-state index contributed by atoms with van der Waals surface area (Å²) in [7, 11) is 3.96. The number of halogens is 1. The van der Waals surface area contributed by atoms with Crippen molar-refractivity contribution in [2.75, 3.05) is 33.7 Å². The van der Waals surface area contributed by atoms with Crippen LogP contribution in [0.25, 0.3) is 0 Å². The van der Waals surface area contributed by atoms with Gasteiger partial charge >= 0.3 is 0 Å². The predicted octanol–water partition coefficient (Wildman–Crippen LogP) is 3.95. The monoisotopic (exact) mass is 446 g/mol.